The molecule has 3 aromatic rings. The summed E-state index contributed by atoms with van der Waals surface area (Å²) in [5, 5.41) is 0. The topological polar surface area (TPSA) is 36.4 Å². The van der Waals surface area contributed by atoms with E-state index >= 15 is 0 Å². The maximum atomic E-state index is 13.0. The molecule has 0 spiro atoms. The van der Waals surface area contributed by atoms with E-state index in [-0.39, 0.29) is 0 Å². The second-order valence-electron chi connectivity index (χ2n) is 9.46. The number of hydrogen-bond acceptors (Lipinski definition) is 3. The van der Waals surface area contributed by atoms with Gasteiger partial charge in [-0.05, 0) is 48.4 Å². The van der Waals surface area contributed by atoms with Crippen molar-refractivity contribution in [3.63, 3.8) is 0 Å². The second-order valence-corrected chi connectivity index (χ2v) is 9.46. The van der Waals surface area contributed by atoms with E-state index in [0.717, 1.165) is 51.1 Å². The number of nitrogens with zero attached hydrogens (tertiary/aromatic N) is 3. The van der Waals surface area contributed by atoms with Crippen LogP contribution in [0.25, 0.3) is 0 Å². The summed E-state index contributed by atoms with van der Waals surface area (Å²) in [5.74, 6) is 1.21. The predicted molar refractivity (Wildman–Crippen MR) is 132 cm³/mol. The maximum Gasteiger partial charge on any atom is 0.222 e. The van der Waals surface area contributed by atoms with E-state index in [9.17, 15) is 4.79 Å². The van der Waals surface area contributed by atoms with Crippen molar-refractivity contribution in [2.45, 2.75) is 44.2 Å². The van der Waals surface area contributed by atoms with Gasteiger partial charge in [-0.25, -0.2) is 0 Å². The number of carbonyl (C=O) groups is 1. The van der Waals surface area contributed by atoms with Crippen LogP contribution in [0.5, 0.6) is 0 Å². The highest BCUT2D eigenvalue weighted by molar-refractivity contribution is 5.77. The zero-order valence-corrected chi connectivity index (χ0v) is 19.2. The summed E-state index contributed by atoms with van der Waals surface area (Å²) in [4.78, 5) is 22.3. The summed E-state index contributed by atoms with van der Waals surface area (Å²) in [7, 11) is 0. The monoisotopic (exact) mass is 439 g/mol. The highest BCUT2D eigenvalue weighted by Crippen LogP contribution is 2.34. The number of rotatable bonds is 7. The van der Waals surface area contributed by atoms with Crippen LogP contribution in [0.15, 0.2) is 85.1 Å². The number of pyridine rings is 1. The third-order valence-electron chi connectivity index (χ3n) is 7.40. The van der Waals surface area contributed by atoms with Gasteiger partial charge in [0.1, 0.15) is 0 Å². The third kappa shape index (κ3) is 5.17. The average Bonchev–Trinajstić information content (AvgIpc) is 2.87. The molecular formula is C29H33N3O. The molecular weight excluding hydrogens is 406 g/mol. The van der Waals surface area contributed by atoms with E-state index in [2.05, 4.69) is 87.6 Å². The van der Waals surface area contributed by atoms with Gasteiger partial charge in [0.2, 0.25) is 5.91 Å². The number of aromatic nitrogens is 1. The number of amides is 1. The van der Waals surface area contributed by atoms with Gasteiger partial charge in [-0.1, -0.05) is 66.7 Å². The minimum Gasteiger partial charge on any atom is -0.339 e. The van der Waals surface area contributed by atoms with Gasteiger partial charge >= 0.3 is 0 Å². The van der Waals surface area contributed by atoms with Crippen molar-refractivity contribution in [3.05, 3.63) is 102 Å². The molecule has 0 bridgehead atoms. The molecule has 1 amide bonds. The van der Waals surface area contributed by atoms with Gasteiger partial charge in [0.25, 0.3) is 0 Å². The Bertz CT molecular complexity index is 985. The van der Waals surface area contributed by atoms with Gasteiger partial charge in [-0.15, -0.1) is 0 Å². The number of benzene rings is 2. The van der Waals surface area contributed by atoms with Gasteiger partial charge in [0.15, 0.2) is 0 Å². The zero-order chi connectivity index (χ0) is 22.5. The Labute approximate surface area is 197 Å². The molecule has 0 radical (unpaired) electrons. The summed E-state index contributed by atoms with van der Waals surface area (Å²) in [6, 6.07) is 28.0. The highest BCUT2D eigenvalue weighted by atomic mass is 16.2. The van der Waals surface area contributed by atoms with Crippen molar-refractivity contribution in [3.8, 4) is 0 Å². The van der Waals surface area contributed by atoms with Crippen molar-refractivity contribution < 1.29 is 4.79 Å². The summed E-state index contributed by atoms with van der Waals surface area (Å²) in [6.07, 6.45) is 5.59. The highest BCUT2D eigenvalue weighted by Gasteiger charge is 2.39. The average molecular weight is 440 g/mol. The van der Waals surface area contributed by atoms with Crippen LogP contribution in [-0.2, 0) is 11.3 Å². The Kier molecular flexibility index (Phi) is 6.82. The molecule has 4 nitrogen and oxygen atoms in total. The fourth-order valence-corrected chi connectivity index (χ4v) is 5.75. The third-order valence-corrected chi connectivity index (χ3v) is 7.40. The Morgan fingerprint density at radius 1 is 0.879 bits per heavy atom. The van der Waals surface area contributed by atoms with Crippen molar-refractivity contribution in [1.29, 1.82) is 0 Å². The Balaban J connectivity index is 1.27. The van der Waals surface area contributed by atoms with E-state index in [1.165, 1.54) is 11.1 Å². The van der Waals surface area contributed by atoms with E-state index in [1.807, 2.05) is 12.3 Å². The molecule has 2 fully saturated rings. The Morgan fingerprint density at radius 2 is 1.58 bits per heavy atom. The minimum atomic E-state index is 0.310. The fourth-order valence-electron chi connectivity index (χ4n) is 5.75. The van der Waals surface area contributed by atoms with Gasteiger partial charge in [-0.3, -0.25) is 14.7 Å². The van der Waals surface area contributed by atoms with Crippen LogP contribution in [0, 0.1) is 5.92 Å². The number of fused-ring (bicyclic) bond motifs is 1. The lowest BCUT2D eigenvalue weighted by atomic mass is 9.82. The lowest BCUT2D eigenvalue weighted by molar-refractivity contribution is -0.141. The first-order valence-electron chi connectivity index (χ1n) is 12.3. The molecule has 3 heterocycles. The first-order chi connectivity index (χ1) is 16.3. The first kappa shape index (κ1) is 21.8. The first-order valence-corrected chi connectivity index (χ1v) is 12.3. The SMILES string of the molecule is O=C1CC[C@@H]2CN(Cc3ccccn3)CC[C@@H]2N1CCC(c1ccccc1)c1ccccc1. The molecule has 2 aliphatic rings. The van der Waals surface area contributed by atoms with Crippen molar-refractivity contribution >= 4 is 5.91 Å². The molecule has 2 saturated heterocycles. The summed E-state index contributed by atoms with van der Waals surface area (Å²) < 4.78 is 0. The Morgan fingerprint density at radius 3 is 2.24 bits per heavy atom. The normalized spacial score (nSPS) is 21.2. The summed E-state index contributed by atoms with van der Waals surface area (Å²) >= 11 is 0. The molecule has 2 atom stereocenters. The van der Waals surface area contributed by atoms with Crippen LogP contribution in [-0.4, -0.2) is 46.4 Å². The molecule has 2 aromatic carbocycles. The standard InChI is InChI=1S/C29H33N3O/c33-29-15-14-25-21-31(22-26-13-7-8-18-30-26)19-17-28(25)32(29)20-16-27(23-9-3-1-4-10-23)24-11-5-2-6-12-24/h1-13,18,25,27-28H,14-17,19-22H2/t25-,28+/m1/s1. The zero-order valence-electron chi connectivity index (χ0n) is 19.2. The predicted octanol–water partition coefficient (Wildman–Crippen LogP) is 5.12. The number of hydrogen-bond donors (Lipinski definition) is 0. The van der Waals surface area contributed by atoms with Crippen LogP contribution in [0.1, 0.15) is 48.4 Å². The summed E-state index contributed by atoms with van der Waals surface area (Å²) in [6.45, 7) is 3.82. The molecule has 0 unspecified atom stereocenters. The largest absolute Gasteiger partial charge is 0.339 e. The molecule has 170 valence electrons. The molecule has 4 heteroatoms. The van der Waals surface area contributed by atoms with Crippen LogP contribution in [0.3, 0.4) is 0 Å². The minimum absolute atomic E-state index is 0.310. The molecule has 0 saturated carbocycles. The number of piperidine rings is 2. The van der Waals surface area contributed by atoms with Crippen molar-refractivity contribution in [2.24, 2.45) is 5.92 Å². The number of carbonyl (C=O) groups excluding carboxylic acids is 1. The maximum absolute atomic E-state index is 13.0. The quantitative estimate of drug-likeness (QED) is 0.513. The van der Waals surface area contributed by atoms with E-state index in [0.29, 0.717) is 30.2 Å². The van der Waals surface area contributed by atoms with Gasteiger partial charge < -0.3 is 4.90 Å². The van der Waals surface area contributed by atoms with E-state index < -0.39 is 0 Å². The Hall–Kier alpha value is -2.98. The van der Waals surface area contributed by atoms with Crippen LogP contribution < -0.4 is 0 Å². The van der Waals surface area contributed by atoms with Crippen molar-refractivity contribution in [1.82, 2.24) is 14.8 Å². The van der Waals surface area contributed by atoms with E-state index in [4.69, 9.17) is 0 Å². The van der Waals surface area contributed by atoms with Gasteiger partial charge in [-0.2, -0.15) is 0 Å². The molecule has 2 aliphatic heterocycles. The molecule has 0 N–H and O–H groups in total. The molecule has 1 aromatic heterocycles. The molecule has 33 heavy (non-hydrogen) atoms. The van der Waals surface area contributed by atoms with Crippen LogP contribution >= 0.6 is 0 Å². The fraction of sp³-hybridized carbons (Fsp3) is 0.379. The second kappa shape index (κ2) is 10.3. The lowest BCUT2D eigenvalue weighted by Gasteiger charge is -2.47. The summed E-state index contributed by atoms with van der Waals surface area (Å²) in [5.41, 5.74) is 3.79. The smallest absolute Gasteiger partial charge is 0.222 e. The van der Waals surface area contributed by atoms with Gasteiger partial charge in [0, 0.05) is 50.8 Å². The molecule has 0 aliphatic carbocycles. The molecule has 5 rings (SSSR count). The van der Waals surface area contributed by atoms with Crippen LogP contribution in [0.2, 0.25) is 0 Å². The van der Waals surface area contributed by atoms with Crippen molar-refractivity contribution in [2.75, 3.05) is 19.6 Å². The number of likely N-dealkylation sites (tertiary alicyclic amines) is 2. The van der Waals surface area contributed by atoms with Gasteiger partial charge in [0.05, 0.1) is 5.69 Å². The van der Waals surface area contributed by atoms with E-state index in [1.54, 1.807) is 0 Å². The van der Waals surface area contributed by atoms with Crippen LogP contribution in [0.4, 0.5) is 0 Å². The lowest BCUT2D eigenvalue weighted by Crippen LogP contribution is -2.56.